The minimum Gasteiger partial charge on any atom is -0.380 e. The van der Waals surface area contributed by atoms with Gasteiger partial charge >= 0.3 is 35.8 Å². The highest BCUT2D eigenvalue weighted by Gasteiger charge is 2.90. The molecule has 0 aliphatic rings. The van der Waals surface area contributed by atoms with E-state index in [0.717, 1.165) is 0 Å². The van der Waals surface area contributed by atoms with Gasteiger partial charge in [0, 0.05) is 19.4 Å². The topological polar surface area (TPSA) is 12.0 Å². The third-order valence-corrected chi connectivity index (χ3v) is 3.39. The van der Waals surface area contributed by atoms with E-state index in [4.69, 9.17) is 0 Å². The molecule has 0 aromatic rings. The molecule has 0 aromatic carbocycles. The van der Waals surface area contributed by atoms with E-state index in [1.165, 1.54) is 6.92 Å². The van der Waals surface area contributed by atoms with Crippen LogP contribution in [-0.2, 0) is 0 Å². The molecule has 156 valence electrons. The largest absolute Gasteiger partial charge is 0.460 e. The quantitative estimate of drug-likeness (QED) is 0.403. The van der Waals surface area contributed by atoms with Crippen molar-refractivity contribution in [3.63, 3.8) is 0 Å². The number of alkyl halides is 13. The number of rotatable bonds is 8. The lowest BCUT2D eigenvalue weighted by atomic mass is 9.92. The Bertz CT molecular complexity index is 511. The minimum absolute atomic E-state index is 0.00711. The van der Waals surface area contributed by atoms with Crippen molar-refractivity contribution in [2.45, 2.75) is 55.6 Å². The Morgan fingerprint density at radius 1 is 0.692 bits per heavy atom. The van der Waals surface area contributed by atoms with Crippen molar-refractivity contribution in [3.05, 3.63) is 0 Å². The van der Waals surface area contributed by atoms with Crippen molar-refractivity contribution >= 4 is 17.2 Å². The molecule has 0 aliphatic carbocycles. The van der Waals surface area contributed by atoms with Gasteiger partial charge in [0.25, 0.3) is 0 Å². The SMILES string of the molecule is CCNC(=S)CCC(F)(F)C(F)(F)C(F)(F)C(F)(F)C(F)(F)C(F)(F)F. The Balaban J connectivity index is 5.89. The van der Waals surface area contributed by atoms with Gasteiger partial charge in [0.2, 0.25) is 0 Å². The lowest BCUT2D eigenvalue weighted by molar-refractivity contribution is -0.440. The maximum atomic E-state index is 13.3. The molecular weight excluding hydrogens is 425 g/mol. The first-order valence-corrected chi connectivity index (χ1v) is 6.84. The zero-order valence-corrected chi connectivity index (χ0v) is 13.3. The van der Waals surface area contributed by atoms with Crippen LogP contribution < -0.4 is 5.32 Å². The highest BCUT2D eigenvalue weighted by Crippen LogP contribution is 2.60. The second kappa shape index (κ2) is 7.19. The van der Waals surface area contributed by atoms with Crippen molar-refractivity contribution in [1.82, 2.24) is 5.32 Å². The zero-order chi connectivity index (χ0) is 21.4. The smallest absolute Gasteiger partial charge is 0.380 e. The summed E-state index contributed by atoms with van der Waals surface area (Å²) in [4.78, 5) is -0.571. The Morgan fingerprint density at radius 2 is 1.08 bits per heavy atom. The van der Waals surface area contributed by atoms with E-state index >= 15 is 0 Å². The summed E-state index contributed by atoms with van der Waals surface area (Å²) < 4.78 is 166. The average molecular weight is 435 g/mol. The van der Waals surface area contributed by atoms with Crippen LogP contribution in [0.5, 0.6) is 0 Å². The maximum absolute atomic E-state index is 13.3. The molecule has 0 aliphatic heterocycles. The first kappa shape index (κ1) is 25.0. The Morgan fingerprint density at radius 3 is 1.42 bits per heavy atom. The third-order valence-electron chi connectivity index (χ3n) is 3.04. The van der Waals surface area contributed by atoms with Crippen LogP contribution in [0.25, 0.3) is 0 Å². The van der Waals surface area contributed by atoms with E-state index in [9.17, 15) is 57.1 Å². The van der Waals surface area contributed by atoms with E-state index in [2.05, 4.69) is 17.5 Å². The van der Waals surface area contributed by atoms with Crippen LogP contribution in [0.2, 0.25) is 0 Å². The molecule has 0 amide bonds. The van der Waals surface area contributed by atoms with Crippen LogP contribution in [0.1, 0.15) is 19.8 Å². The van der Waals surface area contributed by atoms with Crippen molar-refractivity contribution in [3.8, 4) is 0 Å². The van der Waals surface area contributed by atoms with Gasteiger partial charge in [-0.2, -0.15) is 57.1 Å². The van der Waals surface area contributed by atoms with Crippen LogP contribution in [-0.4, -0.2) is 47.3 Å². The summed E-state index contributed by atoms with van der Waals surface area (Å²) in [6.07, 6.45) is -11.0. The number of nitrogens with one attached hydrogen (secondary N) is 1. The van der Waals surface area contributed by atoms with E-state index in [1.807, 2.05) is 0 Å². The predicted molar refractivity (Wildman–Crippen MR) is 66.3 cm³/mol. The molecule has 0 heterocycles. The van der Waals surface area contributed by atoms with Gasteiger partial charge in [-0.05, 0) is 6.92 Å². The van der Waals surface area contributed by atoms with E-state index < -0.39 is 53.6 Å². The fraction of sp³-hybridized carbons (Fsp3) is 0.909. The van der Waals surface area contributed by atoms with Gasteiger partial charge in [0.15, 0.2) is 0 Å². The highest BCUT2D eigenvalue weighted by atomic mass is 32.1. The summed E-state index contributed by atoms with van der Waals surface area (Å²) in [6.45, 7) is 1.36. The van der Waals surface area contributed by atoms with Gasteiger partial charge in [-0.25, -0.2) is 0 Å². The lowest BCUT2D eigenvalue weighted by Crippen LogP contribution is -2.70. The summed E-state index contributed by atoms with van der Waals surface area (Å²) in [5.74, 6) is -36.7. The molecule has 0 bridgehead atoms. The highest BCUT2D eigenvalue weighted by molar-refractivity contribution is 7.80. The molecule has 15 heteroatoms. The fourth-order valence-corrected chi connectivity index (χ4v) is 1.76. The summed E-state index contributed by atoms with van der Waals surface area (Å²) in [5, 5.41) is 2.13. The molecule has 1 N–H and O–H groups in total. The normalized spacial score (nSPS) is 15.2. The Labute approximate surface area is 142 Å². The predicted octanol–water partition coefficient (Wildman–Crippen LogP) is 5.44. The van der Waals surface area contributed by atoms with Gasteiger partial charge in [-0.15, -0.1) is 0 Å². The first-order chi connectivity index (χ1) is 11.2. The molecule has 0 atom stereocenters. The summed E-state index contributed by atoms with van der Waals surface area (Å²) in [5.41, 5.74) is 0. The Kier molecular flexibility index (Phi) is 6.90. The monoisotopic (exact) mass is 435 g/mol. The molecule has 1 nitrogen and oxygen atoms in total. The lowest BCUT2D eigenvalue weighted by Gasteiger charge is -2.39. The number of thiocarbonyl (C=S) groups is 1. The summed E-state index contributed by atoms with van der Waals surface area (Å²) >= 11 is 4.33. The van der Waals surface area contributed by atoms with Crippen molar-refractivity contribution in [2.24, 2.45) is 0 Å². The summed E-state index contributed by atoms with van der Waals surface area (Å²) in [6, 6.07) is 0. The molecule has 0 unspecified atom stereocenters. The molecule has 0 aromatic heterocycles. The van der Waals surface area contributed by atoms with E-state index in [1.54, 1.807) is 0 Å². The number of hydrogen-bond acceptors (Lipinski definition) is 1. The van der Waals surface area contributed by atoms with Crippen LogP contribution >= 0.6 is 12.2 Å². The number of halogens is 13. The van der Waals surface area contributed by atoms with Gasteiger partial charge in [0.05, 0.1) is 4.99 Å². The third kappa shape index (κ3) is 3.96. The maximum Gasteiger partial charge on any atom is 0.460 e. The molecule has 26 heavy (non-hydrogen) atoms. The van der Waals surface area contributed by atoms with Gasteiger partial charge < -0.3 is 5.32 Å². The van der Waals surface area contributed by atoms with Gasteiger partial charge in [-0.1, -0.05) is 12.2 Å². The van der Waals surface area contributed by atoms with Crippen molar-refractivity contribution in [2.75, 3.05) is 6.54 Å². The van der Waals surface area contributed by atoms with Crippen molar-refractivity contribution in [1.29, 1.82) is 0 Å². The van der Waals surface area contributed by atoms with Gasteiger partial charge in [0.1, 0.15) is 0 Å². The standard InChI is InChI=1S/C11H10F13NS/c1-2-25-5(26)3-4-6(12,13)7(14,15)8(16,17)9(18,19)10(20,21)11(22,23)24/h2-4H2,1H3,(H,25,26). The second-order valence-electron chi connectivity index (χ2n) is 4.95. The van der Waals surface area contributed by atoms with E-state index in [-0.39, 0.29) is 6.54 Å². The van der Waals surface area contributed by atoms with Crippen LogP contribution in [0, 0.1) is 0 Å². The van der Waals surface area contributed by atoms with E-state index in [0.29, 0.717) is 0 Å². The van der Waals surface area contributed by atoms with Crippen LogP contribution in [0.3, 0.4) is 0 Å². The second-order valence-corrected chi connectivity index (χ2v) is 5.45. The molecule has 0 rings (SSSR count). The van der Waals surface area contributed by atoms with Crippen LogP contribution in [0.4, 0.5) is 57.1 Å². The summed E-state index contributed by atoms with van der Waals surface area (Å²) in [7, 11) is 0. The molecule has 0 radical (unpaired) electrons. The fourth-order valence-electron chi connectivity index (χ4n) is 1.52. The average Bonchev–Trinajstić information content (AvgIpc) is 2.43. The zero-order valence-electron chi connectivity index (χ0n) is 12.4. The molecule has 0 spiro atoms. The minimum atomic E-state index is -7.87. The first-order valence-electron chi connectivity index (χ1n) is 6.43. The van der Waals surface area contributed by atoms with Crippen LogP contribution in [0.15, 0.2) is 0 Å². The molecule has 0 saturated heterocycles. The van der Waals surface area contributed by atoms with Gasteiger partial charge in [-0.3, -0.25) is 0 Å². The molecule has 0 fully saturated rings. The van der Waals surface area contributed by atoms with Crippen molar-refractivity contribution < 1.29 is 57.1 Å². The number of hydrogen-bond donors (Lipinski definition) is 1. The molecular formula is C11H10F13NS. The molecule has 0 saturated carbocycles. The Hall–Kier alpha value is -1.02.